The van der Waals surface area contributed by atoms with E-state index in [1.165, 1.54) is 6.20 Å². The van der Waals surface area contributed by atoms with Crippen molar-refractivity contribution < 1.29 is 8.42 Å². The zero-order valence-electron chi connectivity index (χ0n) is 18.2. The standard InChI is InChI=1S/C22H24N8O2S/c1-33(31,32)20-10-17(3-7-24-20)29-9-5-15(12-29)19(2-6-23)30-13-16(11-28-30)21-18-4-8-25-22(18)27-14-26-21/h3,7,10-11,13-15,19H,2,4-5,8-9,12H2,1H3,(H,25,26,27). The molecule has 0 radical (unpaired) electrons. The average molecular weight is 465 g/mol. The van der Waals surface area contributed by atoms with Crippen molar-refractivity contribution in [1.82, 2.24) is 24.7 Å². The number of fused-ring (bicyclic) bond motifs is 1. The van der Waals surface area contributed by atoms with Gasteiger partial charge in [-0.2, -0.15) is 10.4 Å². The predicted molar refractivity (Wildman–Crippen MR) is 122 cm³/mol. The number of nitrogens with one attached hydrogen (secondary N) is 1. The maximum Gasteiger partial charge on any atom is 0.192 e. The second-order valence-corrected chi connectivity index (χ2v) is 10.4. The van der Waals surface area contributed by atoms with Crippen LogP contribution < -0.4 is 10.2 Å². The van der Waals surface area contributed by atoms with E-state index in [-0.39, 0.29) is 17.0 Å². The minimum Gasteiger partial charge on any atom is -0.371 e. The van der Waals surface area contributed by atoms with Crippen molar-refractivity contribution in [3.8, 4) is 17.3 Å². The second kappa shape index (κ2) is 8.44. The fraction of sp³-hybridized carbons (Fsp3) is 0.409. The van der Waals surface area contributed by atoms with Gasteiger partial charge in [0.1, 0.15) is 12.1 Å². The molecule has 0 saturated carbocycles. The van der Waals surface area contributed by atoms with Gasteiger partial charge in [-0.1, -0.05) is 0 Å². The molecule has 1 N–H and O–H groups in total. The minimum absolute atomic E-state index is 0.0700. The lowest BCUT2D eigenvalue weighted by Gasteiger charge is -2.23. The minimum atomic E-state index is -3.37. The molecular formula is C22H24N8O2S. The van der Waals surface area contributed by atoms with Crippen molar-refractivity contribution in [2.45, 2.75) is 30.3 Å². The number of sulfone groups is 1. The van der Waals surface area contributed by atoms with Crippen molar-refractivity contribution >= 4 is 21.3 Å². The predicted octanol–water partition coefficient (Wildman–Crippen LogP) is 2.09. The highest BCUT2D eigenvalue weighted by atomic mass is 32.2. The van der Waals surface area contributed by atoms with Crippen LogP contribution in [0.5, 0.6) is 0 Å². The number of aromatic nitrogens is 5. The van der Waals surface area contributed by atoms with E-state index in [2.05, 4.69) is 36.3 Å². The van der Waals surface area contributed by atoms with Gasteiger partial charge in [0, 0.05) is 61.0 Å². The molecule has 2 unspecified atom stereocenters. The number of nitrogens with zero attached hydrogens (tertiary/aromatic N) is 7. The van der Waals surface area contributed by atoms with Crippen molar-refractivity contribution in [2.75, 3.05) is 36.1 Å². The molecule has 33 heavy (non-hydrogen) atoms. The number of pyridine rings is 1. The Kier molecular flexibility index (Phi) is 5.46. The molecule has 2 atom stereocenters. The SMILES string of the molecule is CS(=O)(=O)c1cc(N2CCC(C(CC#N)n3cc(-c4ncnc5c4CCN5)cn3)C2)ccn1. The molecule has 1 fully saturated rings. The third-order valence-corrected chi connectivity index (χ3v) is 7.34. The van der Waals surface area contributed by atoms with E-state index in [0.717, 1.165) is 60.5 Å². The summed E-state index contributed by atoms with van der Waals surface area (Å²) in [5.41, 5.74) is 3.72. The number of nitriles is 1. The van der Waals surface area contributed by atoms with E-state index in [1.807, 2.05) is 16.9 Å². The molecule has 10 nitrogen and oxygen atoms in total. The summed E-state index contributed by atoms with van der Waals surface area (Å²) >= 11 is 0. The number of anilines is 2. The summed E-state index contributed by atoms with van der Waals surface area (Å²) in [5.74, 6) is 1.07. The molecule has 0 bridgehead atoms. The second-order valence-electron chi connectivity index (χ2n) is 8.48. The average Bonchev–Trinajstić information content (AvgIpc) is 3.57. The summed E-state index contributed by atoms with van der Waals surface area (Å²) in [6.07, 6.45) is 10.1. The van der Waals surface area contributed by atoms with Crippen molar-refractivity contribution in [2.24, 2.45) is 5.92 Å². The summed E-state index contributed by atoms with van der Waals surface area (Å²) in [6, 6.07) is 5.67. The first kappa shape index (κ1) is 21.3. The Labute approximate surface area is 192 Å². The molecule has 2 aliphatic heterocycles. The summed E-state index contributed by atoms with van der Waals surface area (Å²) < 4.78 is 25.7. The van der Waals surface area contributed by atoms with Crippen LogP contribution in [-0.4, -0.2) is 59.0 Å². The van der Waals surface area contributed by atoms with E-state index in [1.54, 1.807) is 18.6 Å². The normalized spacial score (nSPS) is 18.5. The zero-order valence-corrected chi connectivity index (χ0v) is 19.0. The Morgan fingerprint density at radius 2 is 2.21 bits per heavy atom. The van der Waals surface area contributed by atoms with E-state index < -0.39 is 9.84 Å². The molecule has 2 aliphatic rings. The first-order valence-corrected chi connectivity index (χ1v) is 12.7. The van der Waals surface area contributed by atoms with Gasteiger partial charge in [-0.15, -0.1) is 0 Å². The largest absolute Gasteiger partial charge is 0.371 e. The van der Waals surface area contributed by atoms with Gasteiger partial charge in [0.25, 0.3) is 0 Å². The van der Waals surface area contributed by atoms with E-state index in [9.17, 15) is 13.7 Å². The van der Waals surface area contributed by atoms with Crippen molar-refractivity contribution in [1.29, 1.82) is 5.26 Å². The lowest BCUT2D eigenvalue weighted by atomic mass is 9.96. The van der Waals surface area contributed by atoms with Crippen LogP contribution in [0.4, 0.5) is 11.5 Å². The third-order valence-electron chi connectivity index (χ3n) is 6.36. The van der Waals surface area contributed by atoms with Gasteiger partial charge < -0.3 is 10.2 Å². The summed E-state index contributed by atoms with van der Waals surface area (Å²) in [4.78, 5) is 14.9. The lowest BCUT2D eigenvalue weighted by molar-refractivity contribution is 0.332. The molecule has 0 aliphatic carbocycles. The molecule has 5 rings (SSSR count). The number of hydrogen-bond donors (Lipinski definition) is 1. The maximum absolute atomic E-state index is 11.9. The Bertz CT molecular complexity index is 1330. The molecule has 5 heterocycles. The highest BCUT2D eigenvalue weighted by Crippen LogP contribution is 2.35. The van der Waals surface area contributed by atoms with Crippen molar-refractivity contribution in [3.05, 3.63) is 42.6 Å². The third kappa shape index (κ3) is 4.14. The molecule has 3 aromatic rings. The maximum atomic E-state index is 11.9. The van der Waals surface area contributed by atoms with Gasteiger partial charge in [0.2, 0.25) is 0 Å². The molecule has 0 amide bonds. The first-order chi connectivity index (χ1) is 15.9. The van der Waals surface area contributed by atoms with Gasteiger partial charge in [-0.05, 0) is 25.0 Å². The fourth-order valence-electron chi connectivity index (χ4n) is 4.70. The molecule has 170 valence electrons. The number of rotatable bonds is 6. The van der Waals surface area contributed by atoms with Crippen molar-refractivity contribution in [3.63, 3.8) is 0 Å². The Balaban J connectivity index is 1.38. The Hall–Kier alpha value is -3.52. The van der Waals surface area contributed by atoms with Gasteiger partial charge in [0.15, 0.2) is 14.9 Å². The van der Waals surface area contributed by atoms with Gasteiger partial charge >= 0.3 is 0 Å². The highest BCUT2D eigenvalue weighted by molar-refractivity contribution is 7.90. The van der Waals surface area contributed by atoms with Crippen LogP contribution in [0.1, 0.15) is 24.4 Å². The van der Waals surface area contributed by atoms with Crippen LogP contribution in [0, 0.1) is 17.2 Å². The quantitative estimate of drug-likeness (QED) is 0.583. The summed E-state index contributed by atoms with van der Waals surface area (Å²) in [7, 11) is -3.37. The van der Waals surface area contributed by atoms with Crippen LogP contribution >= 0.6 is 0 Å². The number of hydrogen-bond acceptors (Lipinski definition) is 9. The first-order valence-electron chi connectivity index (χ1n) is 10.8. The zero-order chi connectivity index (χ0) is 23.0. The lowest BCUT2D eigenvalue weighted by Crippen LogP contribution is -2.25. The summed E-state index contributed by atoms with van der Waals surface area (Å²) in [6.45, 7) is 2.33. The van der Waals surface area contributed by atoms with Crippen LogP contribution in [0.2, 0.25) is 0 Å². The topological polar surface area (TPSA) is 130 Å². The van der Waals surface area contributed by atoms with Gasteiger partial charge in [-0.3, -0.25) is 4.68 Å². The molecule has 3 aromatic heterocycles. The van der Waals surface area contributed by atoms with Crippen LogP contribution in [0.3, 0.4) is 0 Å². The fourth-order valence-corrected chi connectivity index (χ4v) is 5.29. The Morgan fingerprint density at radius 1 is 1.33 bits per heavy atom. The van der Waals surface area contributed by atoms with E-state index in [4.69, 9.17) is 0 Å². The smallest absolute Gasteiger partial charge is 0.192 e. The molecular weight excluding hydrogens is 440 g/mol. The van der Waals surface area contributed by atoms with E-state index >= 15 is 0 Å². The molecule has 11 heteroatoms. The highest BCUT2D eigenvalue weighted by Gasteiger charge is 2.32. The summed E-state index contributed by atoms with van der Waals surface area (Å²) in [5, 5.41) is 17.5. The van der Waals surface area contributed by atoms with E-state index in [0.29, 0.717) is 13.0 Å². The molecule has 0 spiro atoms. The van der Waals surface area contributed by atoms with Gasteiger partial charge in [0.05, 0.1) is 30.4 Å². The van der Waals surface area contributed by atoms with Crippen LogP contribution in [-0.2, 0) is 16.3 Å². The van der Waals surface area contributed by atoms with Crippen LogP contribution in [0.15, 0.2) is 42.1 Å². The van der Waals surface area contributed by atoms with Crippen LogP contribution in [0.25, 0.3) is 11.3 Å². The molecule has 0 aromatic carbocycles. The monoisotopic (exact) mass is 464 g/mol. The molecule has 1 saturated heterocycles. The Morgan fingerprint density at radius 3 is 3.03 bits per heavy atom. The van der Waals surface area contributed by atoms with Gasteiger partial charge in [-0.25, -0.2) is 23.4 Å².